The lowest BCUT2D eigenvalue weighted by Crippen LogP contribution is -2.39. The monoisotopic (exact) mass is 465 g/mol. The first-order chi connectivity index (χ1) is 16.5. The van der Waals surface area contributed by atoms with Gasteiger partial charge in [0.1, 0.15) is 0 Å². The Morgan fingerprint density at radius 3 is 2.50 bits per heavy atom. The fourth-order valence-corrected chi connectivity index (χ4v) is 4.90. The number of carbonyl (C=O) groups is 1. The van der Waals surface area contributed by atoms with Crippen molar-refractivity contribution in [3.63, 3.8) is 0 Å². The number of unbranched alkanes of at least 4 members (excludes halogenated alkanes) is 5. The van der Waals surface area contributed by atoms with Crippen molar-refractivity contribution in [2.24, 2.45) is 0 Å². The molecule has 1 aliphatic carbocycles. The molecule has 1 aromatic carbocycles. The van der Waals surface area contributed by atoms with E-state index in [-0.39, 0.29) is 28.7 Å². The van der Waals surface area contributed by atoms with Gasteiger partial charge in [-0.1, -0.05) is 58.3 Å². The zero-order valence-corrected chi connectivity index (χ0v) is 20.3. The maximum absolute atomic E-state index is 13.2. The number of aromatic amines is 1. The van der Waals surface area contributed by atoms with Gasteiger partial charge in [-0.25, -0.2) is 14.8 Å². The Hall–Kier alpha value is -3.03. The van der Waals surface area contributed by atoms with Crippen molar-refractivity contribution >= 4 is 33.8 Å². The molecule has 1 saturated carbocycles. The second-order valence-corrected chi connectivity index (χ2v) is 9.54. The van der Waals surface area contributed by atoms with Gasteiger partial charge in [-0.2, -0.15) is 0 Å². The number of fused-ring (bicyclic) bond motifs is 2. The maximum Gasteiger partial charge on any atom is 0.330 e. The molecule has 0 aliphatic heterocycles. The highest BCUT2D eigenvalue weighted by atomic mass is 16.2. The minimum atomic E-state index is -0.433. The lowest BCUT2D eigenvalue weighted by molar-refractivity contribution is -0.116. The smallest absolute Gasteiger partial charge is 0.326 e. The summed E-state index contributed by atoms with van der Waals surface area (Å²) in [5.41, 5.74) is 2.17. The minimum Gasteiger partial charge on any atom is -0.326 e. The topological polar surface area (TPSA) is 110 Å². The first-order valence-electron chi connectivity index (χ1n) is 12.7. The number of anilines is 1. The van der Waals surface area contributed by atoms with E-state index in [1.165, 1.54) is 30.3 Å². The fourth-order valence-electron chi connectivity index (χ4n) is 4.90. The zero-order valence-electron chi connectivity index (χ0n) is 20.3. The number of aryl methyl sites for hydroxylation is 1. The summed E-state index contributed by atoms with van der Waals surface area (Å²) >= 11 is 0. The molecule has 1 amide bonds. The van der Waals surface area contributed by atoms with Crippen molar-refractivity contribution in [1.82, 2.24) is 19.5 Å². The summed E-state index contributed by atoms with van der Waals surface area (Å²) in [5.74, 6) is -0.0181. The lowest BCUT2D eigenvalue weighted by atomic mass is 9.95. The second-order valence-electron chi connectivity index (χ2n) is 9.54. The van der Waals surface area contributed by atoms with Crippen molar-refractivity contribution in [2.75, 3.05) is 5.32 Å². The van der Waals surface area contributed by atoms with E-state index in [9.17, 15) is 14.4 Å². The molecule has 0 bridgehead atoms. The van der Waals surface area contributed by atoms with Crippen LogP contribution in [0.2, 0.25) is 0 Å². The number of carbonyl (C=O) groups excluding carboxylic acids is 1. The molecule has 0 saturated heterocycles. The van der Waals surface area contributed by atoms with Crippen LogP contribution < -0.4 is 16.6 Å². The van der Waals surface area contributed by atoms with E-state index in [1.807, 2.05) is 13.0 Å². The second kappa shape index (κ2) is 10.9. The first kappa shape index (κ1) is 24.1. The number of rotatable bonds is 9. The van der Waals surface area contributed by atoms with Crippen LogP contribution in [0.25, 0.3) is 22.2 Å². The maximum atomic E-state index is 13.2. The Kier molecular flexibility index (Phi) is 7.75. The molecule has 34 heavy (non-hydrogen) atoms. The van der Waals surface area contributed by atoms with Crippen LogP contribution in [-0.4, -0.2) is 25.4 Å². The molecule has 182 valence electrons. The SMILES string of the molecule is CCCCCCCCC(=O)Nc1cc2nc3[nH]c(=O)n(C4CCCCC4)c(=O)c3nc2cc1C. The average molecular weight is 466 g/mol. The van der Waals surface area contributed by atoms with Crippen LogP contribution >= 0.6 is 0 Å². The van der Waals surface area contributed by atoms with Crippen LogP contribution in [0.3, 0.4) is 0 Å². The van der Waals surface area contributed by atoms with Gasteiger partial charge in [-0.3, -0.25) is 19.1 Å². The minimum absolute atomic E-state index is 0.0181. The number of H-pyrrole nitrogens is 1. The van der Waals surface area contributed by atoms with Crippen LogP contribution in [0.4, 0.5) is 5.69 Å². The van der Waals surface area contributed by atoms with Gasteiger partial charge in [0.05, 0.1) is 11.0 Å². The van der Waals surface area contributed by atoms with E-state index in [0.29, 0.717) is 23.1 Å². The highest BCUT2D eigenvalue weighted by Crippen LogP contribution is 2.26. The van der Waals surface area contributed by atoms with Crippen LogP contribution in [0.15, 0.2) is 21.7 Å². The van der Waals surface area contributed by atoms with Gasteiger partial charge in [-0.05, 0) is 43.9 Å². The van der Waals surface area contributed by atoms with Gasteiger partial charge in [0, 0.05) is 18.2 Å². The van der Waals surface area contributed by atoms with Crippen LogP contribution in [0.1, 0.15) is 95.6 Å². The predicted octanol–water partition coefficient (Wildman–Crippen LogP) is 5.14. The molecular formula is C26H35N5O3. The molecule has 0 atom stereocenters. The van der Waals surface area contributed by atoms with E-state index in [0.717, 1.165) is 50.5 Å². The number of hydrogen-bond donors (Lipinski definition) is 2. The Morgan fingerprint density at radius 1 is 1.03 bits per heavy atom. The van der Waals surface area contributed by atoms with Crippen molar-refractivity contribution in [3.8, 4) is 0 Å². The molecule has 8 nitrogen and oxygen atoms in total. The standard InChI is InChI=1S/C26H35N5O3/c1-3-4-5-6-7-11-14-22(32)27-19-16-21-20(15-17(19)2)28-23-24(29-21)30-26(34)31(25(23)33)18-12-9-8-10-13-18/h15-16,18H,3-14H2,1-2H3,(H,27,32)(H,29,30,34). The largest absolute Gasteiger partial charge is 0.330 e. The van der Waals surface area contributed by atoms with Crippen LogP contribution in [-0.2, 0) is 4.79 Å². The molecule has 0 spiro atoms. The number of aromatic nitrogens is 4. The highest BCUT2D eigenvalue weighted by Gasteiger charge is 2.21. The summed E-state index contributed by atoms with van der Waals surface area (Å²) in [6.07, 6.45) is 12.1. The molecule has 3 aromatic rings. The number of amides is 1. The van der Waals surface area contributed by atoms with Gasteiger partial charge >= 0.3 is 5.69 Å². The Balaban J connectivity index is 1.56. The summed E-state index contributed by atoms with van der Waals surface area (Å²) in [4.78, 5) is 50.2. The highest BCUT2D eigenvalue weighted by molar-refractivity contribution is 5.95. The number of nitrogens with zero attached hydrogens (tertiary/aromatic N) is 3. The third-order valence-corrected chi connectivity index (χ3v) is 6.85. The molecule has 8 heteroatoms. The summed E-state index contributed by atoms with van der Waals surface area (Å²) < 4.78 is 1.33. The van der Waals surface area contributed by atoms with E-state index < -0.39 is 5.69 Å². The average Bonchev–Trinajstić information content (AvgIpc) is 2.82. The number of benzene rings is 1. The Morgan fingerprint density at radius 2 is 1.74 bits per heavy atom. The molecule has 1 aliphatic rings. The van der Waals surface area contributed by atoms with Crippen molar-refractivity contribution < 1.29 is 4.79 Å². The van der Waals surface area contributed by atoms with Gasteiger partial charge in [0.25, 0.3) is 5.56 Å². The lowest BCUT2D eigenvalue weighted by Gasteiger charge is -2.22. The number of nitrogens with one attached hydrogen (secondary N) is 2. The third-order valence-electron chi connectivity index (χ3n) is 6.85. The molecule has 0 radical (unpaired) electrons. The van der Waals surface area contributed by atoms with E-state index in [4.69, 9.17) is 0 Å². The normalized spacial score (nSPS) is 14.6. The molecule has 0 unspecified atom stereocenters. The predicted molar refractivity (Wildman–Crippen MR) is 135 cm³/mol. The fraction of sp³-hybridized carbons (Fsp3) is 0.577. The van der Waals surface area contributed by atoms with E-state index in [2.05, 4.69) is 27.2 Å². The quantitative estimate of drug-likeness (QED) is 0.336. The summed E-state index contributed by atoms with van der Waals surface area (Å²) in [6.45, 7) is 4.09. The molecule has 4 rings (SSSR count). The summed E-state index contributed by atoms with van der Waals surface area (Å²) in [7, 11) is 0. The molecule has 1 fully saturated rings. The molecule has 2 N–H and O–H groups in total. The van der Waals surface area contributed by atoms with Crippen molar-refractivity contribution in [1.29, 1.82) is 0 Å². The summed E-state index contributed by atoms with van der Waals surface area (Å²) in [6, 6.07) is 3.51. The van der Waals surface area contributed by atoms with Gasteiger partial charge in [0.2, 0.25) is 5.91 Å². The Labute approximate surface area is 199 Å². The van der Waals surface area contributed by atoms with Gasteiger partial charge in [-0.15, -0.1) is 0 Å². The van der Waals surface area contributed by atoms with Crippen LogP contribution in [0.5, 0.6) is 0 Å². The van der Waals surface area contributed by atoms with Crippen molar-refractivity contribution in [2.45, 2.75) is 96.9 Å². The van der Waals surface area contributed by atoms with Crippen molar-refractivity contribution in [3.05, 3.63) is 38.5 Å². The van der Waals surface area contributed by atoms with Gasteiger partial charge in [0.15, 0.2) is 11.2 Å². The van der Waals surface area contributed by atoms with Gasteiger partial charge < -0.3 is 5.32 Å². The third kappa shape index (κ3) is 5.37. The first-order valence-corrected chi connectivity index (χ1v) is 12.7. The Bertz CT molecular complexity index is 1290. The molecule has 2 aromatic heterocycles. The van der Waals surface area contributed by atoms with E-state index >= 15 is 0 Å². The van der Waals surface area contributed by atoms with Crippen LogP contribution in [0, 0.1) is 6.92 Å². The number of hydrogen-bond acceptors (Lipinski definition) is 5. The zero-order chi connectivity index (χ0) is 24.1. The van der Waals surface area contributed by atoms with E-state index in [1.54, 1.807) is 6.07 Å². The molecule has 2 heterocycles. The summed E-state index contributed by atoms with van der Waals surface area (Å²) in [5, 5.41) is 2.98. The molecular weight excluding hydrogens is 430 g/mol.